The SMILES string of the molecule is CNc1cc(N2CCC[C@@H]2C(O)(c2ccccc2)c2ccccc2)nc(N)n1. The molecule has 2 aromatic carbocycles. The topological polar surface area (TPSA) is 87.3 Å². The summed E-state index contributed by atoms with van der Waals surface area (Å²) in [5, 5.41) is 15.2. The lowest BCUT2D eigenvalue weighted by atomic mass is 9.79. The predicted molar refractivity (Wildman–Crippen MR) is 112 cm³/mol. The summed E-state index contributed by atoms with van der Waals surface area (Å²) in [6.45, 7) is 0.798. The molecule has 4 rings (SSSR count). The minimum Gasteiger partial charge on any atom is -0.378 e. The summed E-state index contributed by atoms with van der Waals surface area (Å²) >= 11 is 0. The highest BCUT2D eigenvalue weighted by atomic mass is 16.3. The second-order valence-corrected chi connectivity index (χ2v) is 7.07. The third-order valence-corrected chi connectivity index (χ3v) is 5.44. The van der Waals surface area contributed by atoms with Crippen LogP contribution in [0, 0.1) is 0 Å². The molecular formula is C22H25N5O. The first kappa shape index (κ1) is 18.3. The van der Waals surface area contributed by atoms with Crippen LogP contribution in [0.3, 0.4) is 0 Å². The largest absolute Gasteiger partial charge is 0.378 e. The van der Waals surface area contributed by atoms with E-state index >= 15 is 0 Å². The van der Waals surface area contributed by atoms with Crippen LogP contribution in [0.5, 0.6) is 0 Å². The predicted octanol–water partition coefficient (Wildman–Crippen LogP) is 3.01. The molecule has 6 nitrogen and oxygen atoms in total. The zero-order valence-corrected chi connectivity index (χ0v) is 15.9. The molecule has 0 aliphatic carbocycles. The van der Waals surface area contributed by atoms with E-state index < -0.39 is 5.60 Å². The molecule has 1 atom stereocenters. The number of anilines is 3. The molecule has 28 heavy (non-hydrogen) atoms. The quantitative estimate of drug-likeness (QED) is 0.635. The van der Waals surface area contributed by atoms with Crippen LogP contribution in [0.1, 0.15) is 24.0 Å². The van der Waals surface area contributed by atoms with Crippen molar-refractivity contribution in [1.82, 2.24) is 9.97 Å². The molecule has 144 valence electrons. The average molecular weight is 375 g/mol. The molecule has 0 saturated carbocycles. The molecule has 0 amide bonds. The fourth-order valence-corrected chi connectivity index (χ4v) is 4.14. The fourth-order valence-electron chi connectivity index (χ4n) is 4.14. The molecule has 2 heterocycles. The molecule has 1 fully saturated rings. The monoisotopic (exact) mass is 375 g/mol. The molecular weight excluding hydrogens is 350 g/mol. The number of hydrogen-bond acceptors (Lipinski definition) is 6. The van der Waals surface area contributed by atoms with Gasteiger partial charge in [0.05, 0.1) is 6.04 Å². The first-order valence-corrected chi connectivity index (χ1v) is 9.55. The summed E-state index contributed by atoms with van der Waals surface area (Å²) in [5.41, 5.74) is 6.50. The summed E-state index contributed by atoms with van der Waals surface area (Å²) in [6.07, 6.45) is 1.81. The van der Waals surface area contributed by atoms with Gasteiger partial charge in [0.2, 0.25) is 5.95 Å². The van der Waals surface area contributed by atoms with E-state index in [1.165, 1.54) is 0 Å². The Labute approximate surface area is 165 Å². The van der Waals surface area contributed by atoms with Crippen molar-refractivity contribution in [2.45, 2.75) is 24.5 Å². The lowest BCUT2D eigenvalue weighted by Crippen LogP contribution is -2.49. The number of aliphatic hydroxyl groups is 1. The number of hydrogen-bond donors (Lipinski definition) is 3. The highest BCUT2D eigenvalue weighted by Crippen LogP contribution is 2.41. The van der Waals surface area contributed by atoms with Crippen LogP contribution < -0.4 is 16.0 Å². The summed E-state index contributed by atoms with van der Waals surface area (Å²) in [6, 6.07) is 21.4. The van der Waals surface area contributed by atoms with Gasteiger partial charge in [0.1, 0.15) is 17.2 Å². The van der Waals surface area contributed by atoms with Gasteiger partial charge in [0.25, 0.3) is 0 Å². The Morgan fingerprint density at radius 1 is 1.04 bits per heavy atom. The zero-order valence-electron chi connectivity index (χ0n) is 15.9. The maximum Gasteiger partial charge on any atom is 0.223 e. The number of nitrogens with zero attached hydrogens (tertiary/aromatic N) is 3. The van der Waals surface area contributed by atoms with Gasteiger partial charge in [-0.05, 0) is 24.0 Å². The van der Waals surface area contributed by atoms with Crippen molar-refractivity contribution in [3.63, 3.8) is 0 Å². The van der Waals surface area contributed by atoms with Crippen LogP contribution in [-0.2, 0) is 5.60 Å². The standard InChI is InChI=1S/C22H25N5O/c1-24-19-15-20(26-21(23)25-19)27-14-8-13-18(27)22(28,16-9-4-2-5-10-16)17-11-6-3-7-12-17/h2-7,9-12,15,18,28H,8,13-14H2,1H3,(H3,23,24,25,26)/t18-/m1/s1. The third-order valence-electron chi connectivity index (χ3n) is 5.44. The smallest absolute Gasteiger partial charge is 0.223 e. The lowest BCUT2D eigenvalue weighted by Gasteiger charge is -2.40. The van der Waals surface area contributed by atoms with E-state index in [1.807, 2.05) is 66.7 Å². The molecule has 1 aromatic heterocycles. The van der Waals surface area contributed by atoms with Gasteiger partial charge in [-0.25, -0.2) is 0 Å². The summed E-state index contributed by atoms with van der Waals surface area (Å²) < 4.78 is 0. The first-order valence-electron chi connectivity index (χ1n) is 9.55. The van der Waals surface area contributed by atoms with Gasteiger partial charge in [-0.2, -0.15) is 9.97 Å². The molecule has 0 unspecified atom stereocenters. The van der Waals surface area contributed by atoms with Gasteiger partial charge >= 0.3 is 0 Å². The third kappa shape index (κ3) is 3.16. The Bertz CT molecular complexity index is 893. The number of nitrogens with two attached hydrogens (primary N) is 1. The fraction of sp³-hybridized carbons (Fsp3) is 0.273. The number of nitrogens with one attached hydrogen (secondary N) is 1. The molecule has 0 radical (unpaired) electrons. The van der Waals surface area contributed by atoms with Crippen molar-refractivity contribution in [3.8, 4) is 0 Å². The maximum absolute atomic E-state index is 12.1. The van der Waals surface area contributed by atoms with Gasteiger partial charge in [0, 0.05) is 19.7 Å². The van der Waals surface area contributed by atoms with E-state index in [2.05, 4.69) is 20.2 Å². The van der Waals surface area contributed by atoms with E-state index in [-0.39, 0.29) is 12.0 Å². The molecule has 1 aliphatic heterocycles. The van der Waals surface area contributed by atoms with Crippen molar-refractivity contribution in [2.75, 3.05) is 29.5 Å². The van der Waals surface area contributed by atoms with Crippen LogP contribution in [0.25, 0.3) is 0 Å². The van der Waals surface area contributed by atoms with Crippen LogP contribution in [0.4, 0.5) is 17.6 Å². The Balaban J connectivity index is 1.83. The molecule has 4 N–H and O–H groups in total. The number of nitrogen functional groups attached to an aromatic ring is 1. The zero-order chi connectivity index (χ0) is 19.6. The Morgan fingerprint density at radius 3 is 2.21 bits per heavy atom. The number of rotatable bonds is 5. The minimum atomic E-state index is -1.17. The van der Waals surface area contributed by atoms with E-state index in [1.54, 1.807) is 7.05 Å². The van der Waals surface area contributed by atoms with E-state index in [0.29, 0.717) is 5.82 Å². The van der Waals surface area contributed by atoms with E-state index in [0.717, 1.165) is 36.3 Å². The van der Waals surface area contributed by atoms with Crippen LogP contribution in [0.15, 0.2) is 66.7 Å². The average Bonchev–Trinajstić information content (AvgIpc) is 3.24. The molecule has 1 aliphatic rings. The van der Waals surface area contributed by atoms with Gasteiger partial charge < -0.3 is 21.1 Å². The van der Waals surface area contributed by atoms with Crippen LogP contribution in [0.2, 0.25) is 0 Å². The Hall–Kier alpha value is -3.12. The summed E-state index contributed by atoms with van der Waals surface area (Å²) in [5.74, 6) is 1.61. The maximum atomic E-state index is 12.1. The van der Waals surface area contributed by atoms with Crippen molar-refractivity contribution in [2.24, 2.45) is 0 Å². The van der Waals surface area contributed by atoms with Gasteiger partial charge in [-0.3, -0.25) is 0 Å². The normalized spacial score (nSPS) is 16.9. The Morgan fingerprint density at radius 2 is 1.64 bits per heavy atom. The van der Waals surface area contributed by atoms with Crippen molar-refractivity contribution in [3.05, 3.63) is 77.9 Å². The van der Waals surface area contributed by atoms with Gasteiger partial charge in [-0.1, -0.05) is 60.7 Å². The Kier molecular flexibility index (Phi) is 4.88. The lowest BCUT2D eigenvalue weighted by molar-refractivity contribution is 0.0528. The first-order chi connectivity index (χ1) is 13.6. The van der Waals surface area contributed by atoms with Crippen LogP contribution in [-0.4, -0.2) is 34.7 Å². The summed E-state index contributed by atoms with van der Waals surface area (Å²) in [7, 11) is 1.80. The van der Waals surface area contributed by atoms with E-state index in [4.69, 9.17) is 5.73 Å². The second-order valence-electron chi connectivity index (χ2n) is 7.07. The highest BCUT2D eigenvalue weighted by molar-refractivity contribution is 5.55. The minimum absolute atomic E-state index is 0.170. The number of benzene rings is 2. The van der Waals surface area contributed by atoms with E-state index in [9.17, 15) is 5.11 Å². The molecule has 0 spiro atoms. The van der Waals surface area contributed by atoms with Crippen LogP contribution >= 0.6 is 0 Å². The van der Waals surface area contributed by atoms with Gasteiger partial charge in [0.15, 0.2) is 0 Å². The molecule has 1 saturated heterocycles. The molecule has 0 bridgehead atoms. The van der Waals surface area contributed by atoms with Crippen molar-refractivity contribution >= 4 is 17.6 Å². The van der Waals surface area contributed by atoms with Crippen molar-refractivity contribution in [1.29, 1.82) is 0 Å². The van der Waals surface area contributed by atoms with Gasteiger partial charge in [-0.15, -0.1) is 0 Å². The molecule has 3 aromatic rings. The highest BCUT2D eigenvalue weighted by Gasteiger charge is 2.46. The molecule has 6 heteroatoms. The van der Waals surface area contributed by atoms with Crippen molar-refractivity contribution < 1.29 is 5.11 Å². The summed E-state index contributed by atoms with van der Waals surface area (Å²) in [4.78, 5) is 10.8. The number of aromatic nitrogens is 2. The second kappa shape index (κ2) is 7.48.